The van der Waals surface area contributed by atoms with Crippen LogP contribution in [0.1, 0.15) is 19.4 Å². The van der Waals surface area contributed by atoms with Crippen molar-refractivity contribution in [3.8, 4) is 0 Å². The Kier molecular flexibility index (Phi) is 3.62. The fourth-order valence-corrected chi connectivity index (χ4v) is 1.66. The zero-order valence-electron chi connectivity index (χ0n) is 10.9. The van der Waals surface area contributed by atoms with Crippen LogP contribution in [0.3, 0.4) is 0 Å². The summed E-state index contributed by atoms with van der Waals surface area (Å²) in [4.78, 5) is 11.4. The van der Waals surface area contributed by atoms with Crippen LogP contribution in [0.25, 0.3) is 10.8 Å². The fourth-order valence-electron chi connectivity index (χ4n) is 1.66. The summed E-state index contributed by atoms with van der Waals surface area (Å²) in [5.41, 5.74) is 1.79. The van der Waals surface area contributed by atoms with E-state index in [9.17, 15) is 9.90 Å². The Morgan fingerprint density at radius 3 is 2.63 bits per heavy atom. The average Bonchev–Trinajstić information content (AvgIpc) is 2.38. The van der Waals surface area contributed by atoms with Gasteiger partial charge in [-0.25, -0.2) is 5.43 Å². The second kappa shape index (κ2) is 5.20. The Bertz CT molecular complexity index is 622. The van der Waals surface area contributed by atoms with Gasteiger partial charge in [-0.3, -0.25) is 4.79 Å². The second-order valence-corrected chi connectivity index (χ2v) is 4.83. The van der Waals surface area contributed by atoms with Crippen molar-refractivity contribution in [1.82, 2.24) is 5.43 Å². The molecule has 0 saturated heterocycles. The predicted octanol–water partition coefficient (Wildman–Crippen LogP) is 2.06. The van der Waals surface area contributed by atoms with E-state index in [4.69, 9.17) is 0 Å². The molecule has 0 radical (unpaired) electrons. The standard InChI is InChI=1S/C15H16N2O2/c1-15(2,19)14(18)17-16-10-12-8-5-7-11-6-3-4-9-13(11)12/h3-10,19H,1-2H3,(H,17,18). The van der Waals surface area contributed by atoms with Gasteiger partial charge in [0.2, 0.25) is 0 Å². The first kappa shape index (κ1) is 13.2. The van der Waals surface area contributed by atoms with Gasteiger partial charge in [-0.1, -0.05) is 42.5 Å². The van der Waals surface area contributed by atoms with E-state index in [0.29, 0.717) is 0 Å². The summed E-state index contributed by atoms with van der Waals surface area (Å²) in [6.07, 6.45) is 1.58. The Morgan fingerprint density at radius 1 is 1.21 bits per heavy atom. The molecule has 0 aliphatic heterocycles. The molecule has 4 nitrogen and oxygen atoms in total. The highest BCUT2D eigenvalue weighted by Gasteiger charge is 2.22. The first-order valence-electron chi connectivity index (χ1n) is 6.02. The van der Waals surface area contributed by atoms with Gasteiger partial charge in [0.1, 0.15) is 5.60 Å². The number of aliphatic hydroxyl groups is 1. The van der Waals surface area contributed by atoms with Gasteiger partial charge in [0.25, 0.3) is 5.91 Å². The van der Waals surface area contributed by atoms with E-state index < -0.39 is 11.5 Å². The number of nitrogens with one attached hydrogen (secondary N) is 1. The van der Waals surface area contributed by atoms with Crippen LogP contribution >= 0.6 is 0 Å². The minimum Gasteiger partial charge on any atom is -0.381 e. The van der Waals surface area contributed by atoms with E-state index in [1.54, 1.807) is 6.21 Å². The molecule has 98 valence electrons. The first-order valence-corrected chi connectivity index (χ1v) is 6.02. The summed E-state index contributed by atoms with van der Waals surface area (Å²) in [6, 6.07) is 13.8. The second-order valence-electron chi connectivity index (χ2n) is 4.83. The molecule has 0 aliphatic rings. The lowest BCUT2D eigenvalue weighted by molar-refractivity contribution is -0.136. The monoisotopic (exact) mass is 256 g/mol. The first-order chi connectivity index (χ1) is 8.98. The molecule has 0 aliphatic carbocycles. The normalized spacial score (nSPS) is 11.9. The lowest BCUT2D eigenvalue weighted by Gasteiger charge is -2.13. The Labute approximate surface area is 111 Å². The minimum absolute atomic E-state index is 0.538. The van der Waals surface area contributed by atoms with Gasteiger partial charge in [0, 0.05) is 5.56 Å². The molecule has 2 aromatic rings. The molecule has 0 aromatic heterocycles. The van der Waals surface area contributed by atoms with Crippen molar-refractivity contribution in [2.75, 3.05) is 0 Å². The van der Waals surface area contributed by atoms with Crippen molar-refractivity contribution in [2.24, 2.45) is 5.10 Å². The van der Waals surface area contributed by atoms with Crippen molar-refractivity contribution in [1.29, 1.82) is 0 Å². The molecule has 0 unspecified atom stereocenters. The van der Waals surface area contributed by atoms with Crippen molar-refractivity contribution in [3.05, 3.63) is 48.0 Å². The highest BCUT2D eigenvalue weighted by atomic mass is 16.3. The van der Waals surface area contributed by atoms with Gasteiger partial charge < -0.3 is 5.11 Å². The van der Waals surface area contributed by atoms with E-state index in [2.05, 4.69) is 10.5 Å². The molecule has 2 rings (SSSR count). The van der Waals surface area contributed by atoms with Gasteiger partial charge >= 0.3 is 0 Å². The molecule has 0 spiro atoms. The molecular weight excluding hydrogens is 240 g/mol. The maximum atomic E-state index is 11.4. The quantitative estimate of drug-likeness (QED) is 0.652. The lowest BCUT2D eigenvalue weighted by atomic mass is 10.1. The third-order valence-corrected chi connectivity index (χ3v) is 2.75. The molecule has 1 amide bonds. The van der Waals surface area contributed by atoms with Crippen molar-refractivity contribution < 1.29 is 9.90 Å². The fraction of sp³-hybridized carbons (Fsp3) is 0.200. The van der Waals surface area contributed by atoms with Crippen LogP contribution in [0.2, 0.25) is 0 Å². The molecular formula is C15H16N2O2. The molecule has 4 heteroatoms. The van der Waals surface area contributed by atoms with Crippen LogP contribution < -0.4 is 5.43 Å². The number of carbonyl (C=O) groups is 1. The predicted molar refractivity (Wildman–Crippen MR) is 76.0 cm³/mol. The van der Waals surface area contributed by atoms with Crippen LogP contribution in [0.5, 0.6) is 0 Å². The summed E-state index contributed by atoms with van der Waals surface area (Å²) in [5.74, 6) is -0.538. The Hall–Kier alpha value is -2.20. The number of hydrogen-bond acceptors (Lipinski definition) is 3. The zero-order chi connectivity index (χ0) is 13.9. The molecule has 19 heavy (non-hydrogen) atoms. The molecule has 0 atom stereocenters. The zero-order valence-corrected chi connectivity index (χ0v) is 10.9. The van der Waals surface area contributed by atoms with Gasteiger partial charge in [0.15, 0.2) is 0 Å². The summed E-state index contributed by atoms with van der Waals surface area (Å²) >= 11 is 0. The number of hydrogen-bond donors (Lipinski definition) is 2. The van der Waals surface area contributed by atoms with E-state index in [1.165, 1.54) is 13.8 Å². The number of carbonyl (C=O) groups excluding carboxylic acids is 1. The van der Waals surface area contributed by atoms with E-state index in [-0.39, 0.29) is 0 Å². The SMILES string of the molecule is CC(C)(O)C(=O)NN=Cc1cccc2ccccc12. The van der Waals surface area contributed by atoms with Gasteiger partial charge in [-0.05, 0) is 24.6 Å². The lowest BCUT2D eigenvalue weighted by Crippen LogP contribution is -2.39. The number of hydrazone groups is 1. The average molecular weight is 256 g/mol. The molecule has 0 fully saturated rings. The van der Waals surface area contributed by atoms with Crippen LogP contribution in [0.15, 0.2) is 47.6 Å². The molecule has 0 bridgehead atoms. The Morgan fingerprint density at radius 2 is 1.89 bits per heavy atom. The minimum atomic E-state index is -1.43. The van der Waals surface area contributed by atoms with Gasteiger partial charge in [-0.15, -0.1) is 0 Å². The van der Waals surface area contributed by atoms with Crippen LogP contribution in [-0.2, 0) is 4.79 Å². The molecule has 0 heterocycles. The number of benzene rings is 2. The van der Waals surface area contributed by atoms with Crippen LogP contribution in [0, 0.1) is 0 Å². The molecule has 2 N–H and O–H groups in total. The van der Waals surface area contributed by atoms with Crippen molar-refractivity contribution in [3.63, 3.8) is 0 Å². The molecule has 0 saturated carbocycles. The Balaban J connectivity index is 2.20. The number of fused-ring (bicyclic) bond motifs is 1. The van der Waals surface area contributed by atoms with E-state index >= 15 is 0 Å². The molecule has 2 aromatic carbocycles. The third-order valence-electron chi connectivity index (χ3n) is 2.75. The maximum Gasteiger partial charge on any atom is 0.271 e. The largest absolute Gasteiger partial charge is 0.381 e. The highest BCUT2D eigenvalue weighted by molar-refractivity contribution is 6.00. The van der Waals surface area contributed by atoms with E-state index in [0.717, 1.165) is 16.3 Å². The van der Waals surface area contributed by atoms with Crippen LogP contribution in [-0.4, -0.2) is 22.8 Å². The van der Waals surface area contributed by atoms with Crippen LogP contribution in [0.4, 0.5) is 0 Å². The summed E-state index contributed by atoms with van der Waals surface area (Å²) in [7, 11) is 0. The smallest absolute Gasteiger partial charge is 0.271 e. The number of nitrogens with zero attached hydrogens (tertiary/aromatic N) is 1. The topological polar surface area (TPSA) is 61.7 Å². The summed E-state index contributed by atoms with van der Waals surface area (Å²) in [5, 5.41) is 15.5. The summed E-state index contributed by atoms with van der Waals surface area (Å²) < 4.78 is 0. The van der Waals surface area contributed by atoms with Crippen molar-refractivity contribution >= 4 is 22.9 Å². The van der Waals surface area contributed by atoms with Gasteiger partial charge in [0.05, 0.1) is 6.21 Å². The van der Waals surface area contributed by atoms with Gasteiger partial charge in [-0.2, -0.15) is 5.10 Å². The van der Waals surface area contributed by atoms with E-state index in [1.807, 2.05) is 42.5 Å². The maximum absolute atomic E-state index is 11.4. The third kappa shape index (κ3) is 3.17. The summed E-state index contributed by atoms with van der Waals surface area (Å²) in [6.45, 7) is 2.82. The van der Waals surface area contributed by atoms with Crippen molar-refractivity contribution in [2.45, 2.75) is 19.4 Å². The highest BCUT2D eigenvalue weighted by Crippen LogP contribution is 2.16. The number of amides is 1. The number of rotatable bonds is 3.